The lowest BCUT2D eigenvalue weighted by Gasteiger charge is -2.36. The van der Waals surface area contributed by atoms with Crippen LogP contribution in [0.5, 0.6) is 0 Å². The van der Waals surface area contributed by atoms with Crippen molar-refractivity contribution in [1.82, 2.24) is 0 Å². The highest BCUT2D eigenvalue weighted by atomic mass is 16.5. The van der Waals surface area contributed by atoms with E-state index in [-0.39, 0.29) is 13.3 Å². The van der Waals surface area contributed by atoms with Crippen LogP contribution in [0, 0.1) is 0 Å². The van der Waals surface area contributed by atoms with Crippen molar-refractivity contribution >= 4 is 18.6 Å². The molecule has 0 spiro atoms. The first-order valence-electron chi connectivity index (χ1n) is 15.3. The first-order chi connectivity index (χ1) is 19.1. The molecule has 1 aliphatic rings. The van der Waals surface area contributed by atoms with Crippen LogP contribution in [0.4, 0.5) is 11.4 Å². The highest BCUT2D eigenvalue weighted by Crippen LogP contribution is 2.43. The van der Waals surface area contributed by atoms with E-state index in [1.54, 1.807) is 0 Å². The van der Waals surface area contributed by atoms with Gasteiger partial charge in [-0.3, -0.25) is 0 Å². The summed E-state index contributed by atoms with van der Waals surface area (Å²) in [6, 6.07) is 24.4. The molecule has 1 saturated heterocycles. The fourth-order valence-electron chi connectivity index (χ4n) is 6.12. The average Bonchev–Trinajstić information content (AvgIpc) is 3.34. The molecule has 0 unspecified atom stereocenters. The average molecular weight is 537 g/mol. The molecule has 0 bridgehead atoms. The first-order valence-corrected chi connectivity index (χ1v) is 15.3. The molecule has 3 nitrogen and oxygen atoms in total. The summed E-state index contributed by atoms with van der Waals surface area (Å²) in [6.07, 6.45) is 2.66. The van der Waals surface area contributed by atoms with Crippen molar-refractivity contribution in [3.8, 4) is 0 Å². The van der Waals surface area contributed by atoms with E-state index < -0.39 is 0 Å². The van der Waals surface area contributed by atoms with E-state index in [9.17, 15) is 0 Å². The van der Waals surface area contributed by atoms with Crippen LogP contribution in [-0.4, -0.2) is 20.3 Å². The molecule has 0 aliphatic carbocycles. The SMILES string of the molecule is C=CC[C@H](OB1N(c2c(C(C)C)cccc2C(C)C)CCN1c1c(C(C)C)cccc1C(C)C)c1ccccc1. The summed E-state index contributed by atoms with van der Waals surface area (Å²) in [6.45, 7) is 24.4. The van der Waals surface area contributed by atoms with Crippen LogP contribution in [0.25, 0.3) is 0 Å². The third kappa shape index (κ3) is 6.18. The summed E-state index contributed by atoms with van der Waals surface area (Å²) < 4.78 is 7.29. The van der Waals surface area contributed by atoms with E-state index in [1.807, 2.05) is 6.08 Å². The zero-order valence-electron chi connectivity index (χ0n) is 26.0. The zero-order chi connectivity index (χ0) is 29.0. The van der Waals surface area contributed by atoms with E-state index in [4.69, 9.17) is 4.65 Å². The van der Waals surface area contributed by atoms with E-state index in [2.05, 4.69) is 138 Å². The molecule has 0 radical (unpaired) electrons. The molecule has 0 aromatic heterocycles. The molecule has 0 N–H and O–H groups in total. The third-order valence-electron chi connectivity index (χ3n) is 8.21. The Kier molecular flexibility index (Phi) is 9.84. The van der Waals surface area contributed by atoms with Gasteiger partial charge < -0.3 is 14.3 Å². The van der Waals surface area contributed by atoms with Crippen molar-refractivity contribution in [1.29, 1.82) is 0 Å². The second-order valence-electron chi connectivity index (χ2n) is 12.5. The van der Waals surface area contributed by atoms with Crippen LogP contribution < -0.4 is 9.62 Å². The van der Waals surface area contributed by atoms with E-state index in [1.165, 1.54) is 39.2 Å². The Hall–Kier alpha value is -2.98. The van der Waals surface area contributed by atoms with Gasteiger partial charge in [-0.15, -0.1) is 6.58 Å². The van der Waals surface area contributed by atoms with E-state index >= 15 is 0 Å². The molecule has 1 aliphatic heterocycles. The maximum atomic E-state index is 7.29. The summed E-state index contributed by atoms with van der Waals surface area (Å²) in [5.41, 5.74) is 9.45. The monoisotopic (exact) mass is 536 g/mol. The predicted molar refractivity (Wildman–Crippen MR) is 175 cm³/mol. The summed E-state index contributed by atoms with van der Waals surface area (Å²) in [7, 11) is -0.236. The Labute approximate surface area is 244 Å². The predicted octanol–water partition coefficient (Wildman–Crippen LogP) is 9.83. The number of nitrogens with zero attached hydrogens (tertiary/aromatic N) is 2. The van der Waals surface area contributed by atoms with Gasteiger partial charge in [0.25, 0.3) is 0 Å². The van der Waals surface area contributed by atoms with Gasteiger partial charge >= 0.3 is 7.19 Å². The fourth-order valence-corrected chi connectivity index (χ4v) is 6.12. The Bertz CT molecular complexity index is 1140. The maximum Gasteiger partial charge on any atom is 0.549 e. The fraction of sp³-hybridized carbons (Fsp3) is 0.444. The van der Waals surface area contributed by atoms with Gasteiger partial charge in [-0.2, -0.15) is 0 Å². The Morgan fingerprint density at radius 1 is 0.650 bits per heavy atom. The zero-order valence-corrected chi connectivity index (χ0v) is 26.0. The van der Waals surface area contributed by atoms with E-state index in [0.717, 1.165) is 19.5 Å². The minimum Gasteiger partial charge on any atom is -0.390 e. The van der Waals surface area contributed by atoms with Gasteiger partial charge in [0.05, 0.1) is 6.10 Å². The van der Waals surface area contributed by atoms with E-state index in [0.29, 0.717) is 23.7 Å². The third-order valence-corrected chi connectivity index (χ3v) is 8.21. The number of rotatable bonds is 11. The first kappa shape index (κ1) is 30.0. The number of anilines is 2. The van der Waals surface area contributed by atoms with Crippen molar-refractivity contribution in [2.45, 2.75) is 91.6 Å². The van der Waals surface area contributed by atoms with Gasteiger partial charge in [-0.1, -0.05) is 128 Å². The number of hydrogen-bond acceptors (Lipinski definition) is 3. The number of para-hydroxylation sites is 2. The minimum atomic E-state index is -0.236. The molecule has 1 heterocycles. The summed E-state index contributed by atoms with van der Waals surface area (Å²) in [5.74, 6) is 1.65. The molecule has 1 fully saturated rings. The molecule has 4 rings (SSSR count). The van der Waals surface area contributed by atoms with Crippen molar-refractivity contribution in [3.05, 3.63) is 107 Å². The van der Waals surface area contributed by atoms with Gasteiger partial charge in [0.1, 0.15) is 0 Å². The molecular weight excluding hydrogens is 487 g/mol. The summed E-state index contributed by atoms with van der Waals surface area (Å²) >= 11 is 0. The molecule has 4 heteroatoms. The minimum absolute atomic E-state index is 0.0887. The highest BCUT2D eigenvalue weighted by Gasteiger charge is 2.45. The lowest BCUT2D eigenvalue weighted by molar-refractivity contribution is 0.208. The van der Waals surface area contributed by atoms with Crippen LogP contribution in [0.3, 0.4) is 0 Å². The van der Waals surface area contributed by atoms with Gasteiger partial charge in [-0.25, -0.2) is 0 Å². The topological polar surface area (TPSA) is 15.7 Å². The Morgan fingerprint density at radius 2 is 1.05 bits per heavy atom. The summed E-state index contributed by atoms with van der Waals surface area (Å²) in [5, 5.41) is 0. The normalized spacial score (nSPS) is 14.8. The van der Waals surface area contributed by atoms with Crippen molar-refractivity contribution in [2.24, 2.45) is 0 Å². The largest absolute Gasteiger partial charge is 0.549 e. The van der Waals surface area contributed by atoms with Crippen LogP contribution in [0.15, 0.2) is 79.4 Å². The van der Waals surface area contributed by atoms with Gasteiger partial charge in [0, 0.05) is 24.5 Å². The Morgan fingerprint density at radius 3 is 1.40 bits per heavy atom. The standard InChI is InChI=1S/C36H49BN2O/c1-10-16-34(29-17-12-11-13-18-29)40-37-38(35-30(25(2)3)19-14-20-31(35)26(4)5)23-24-39(37)36-32(27(6)7)21-15-22-33(36)28(8)9/h10-15,17-22,25-28,34H,1,16,23-24H2,2-9H3/t34-/m0/s1. The molecular formula is C36H49BN2O. The van der Waals surface area contributed by atoms with Crippen LogP contribution in [0.2, 0.25) is 0 Å². The molecule has 212 valence electrons. The Balaban J connectivity index is 1.93. The smallest absolute Gasteiger partial charge is 0.390 e. The van der Waals surface area contributed by atoms with Gasteiger partial charge in [-0.05, 0) is 57.9 Å². The molecule has 0 saturated carbocycles. The van der Waals surface area contributed by atoms with Crippen molar-refractivity contribution in [2.75, 3.05) is 22.7 Å². The lowest BCUT2D eigenvalue weighted by Crippen LogP contribution is -2.49. The number of hydrogen-bond donors (Lipinski definition) is 0. The second kappa shape index (κ2) is 13.1. The maximum absolute atomic E-state index is 7.29. The molecule has 40 heavy (non-hydrogen) atoms. The van der Waals surface area contributed by atoms with Gasteiger partial charge in [0.15, 0.2) is 0 Å². The molecule has 0 amide bonds. The number of benzene rings is 3. The quantitative estimate of drug-likeness (QED) is 0.179. The highest BCUT2D eigenvalue weighted by molar-refractivity contribution is 6.62. The lowest BCUT2D eigenvalue weighted by atomic mass is 9.84. The van der Waals surface area contributed by atoms with Crippen LogP contribution in [-0.2, 0) is 4.65 Å². The molecule has 1 atom stereocenters. The molecule has 3 aromatic carbocycles. The molecule has 3 aromatic rings. The van der Waals surface area contributed by atoms with Gasteiger partial charge in [0.2, 0.25) is 0 Å². The van der Waals surface area contributed by atoms with Crippen molar-refractivity contribution < 1.29 is 4.65 Å². The van der Waals surface area contributed by atoms with Crippen LogP contribution in [0.1, 0.15) is 119 Å². The summed E-state index contributed by atoms with van der Waals surface area (Å²) in [4.78, 5) is 5.12. The van der Waals surface area contributed by atoms with Crippen molar-refractivity contribution in [3.63, 3.8) is 0 Å². The van der Waals surface area contributed by atoms with Crippen LogP contribution >= 0.6 is 0 Å². The second-order valence-corrected chi connectivity index (χ2v) is 12.5.